The maximum Gasteiger partial charge on any atom is 0.259 e. The summed E-state index contributed by atoms with van der Waals surface area (Å²) in [6, 6.07) is 10.3. The molecule has 1 aromatic heterocycles. The number of carbonyl (C=O) groups is 1. The zero-order chi connectivity index (χ0) is 17.3. The number of aryl methyl sites for hydroxylation is 1. The van der Waals surface area contributed by atoms with Crippen molar-refractivity contribution in [2.75, 3.05) is 5.32 Å². The van der Waals surface area contributed by atoms with E-state index in [4.69, 9.17) is 0 Å². The summed E-state index contributed by atoms with van der Waals surface area (Å²) in [5, 5.41) is 6.71. The van der Waals surface area contributed by atoms with Gasteiger partial charge in [0.05, 0.1) is 28.8 Å². The molecule has 6 heteroatoms. The molecule has 0 aliphatic carbocycles. The molecule has 122 valence electrons. The number of carbonyl (C=O) groups excluding carboxylic acids is 1. The number of rotatable bonds is 3. The van der Waals surface area contributed by atoms with Crippen LogP contribution in [0.2, 0.25) is 0 Å². The van der Waals surface area contributed by atoms with E-state index in [1.54, 1.807) is 31.2 Å². The van der Waals surface area contributed by atoms with E-state index >= 15 is 0 Å². The summed E-state index contributed by atoms with van der Waals surface area (Å²) in [6.07, 6.45) is 1.40. The fraction of sp³-hybridized carbons (Fsp3) is 0.111. The van der Waals surface area contributed by atoms with E-state index in [-0.39, 0.29) is 11.5 Å². The number of nitrogens with zero attached hydrogens (tertiary/aromatic N) is 2. The lowest BCUT2D eigenvalue weighted by Crippen LogP contribution is -2.14. The predicted octanol–water partition coefficient (Wildman–Crippen LogP) is 4.02. The van der Waals surface area contributed by atoms with Crippen LogP contribution in [0.1, 0.15) is 21.6 Å². The van der Waals surface area contributed by atoms with Crippen LogP contribution in [0, 0.1) is 25.5 Å². The molecule has 0 bridgehead atoms. The Morgan fingerprint density at radius 2 is 1.79 bits per heavy atom. The Bertz CT molecular complexity index is 901. The Morgan fingerprint density at radius 3 is 2.50 bits per heavy atom. The van der Waals surface area contributed by atoms with Gasteiger partial charge in [-0.3, -0.25) is 4.79 Å². The smallest absolute Gasteiger partial charge is 0.259 e. The number of anilines is 1. The van der Waals surface area contributed by atoms with Crippen molar-refractivity contribution in [2.45, 2.75) is 13.8 Å². The Morgan fingerprint density at radius 1 is 1.08 bits per heavy atom. The second-order valence-electron chi connectivity index (χ2n) is 5.47. The highest BCUT2D eigenvalue weighted by atomic mass is 19.1. The van der Waals surface area contributed by atoms with Gasteiger partial charge >= 0.3 is 0 Å². The first-order valence-corrected chi connectivity index (χ1v) is 7.34. The number of benzene rings is 2. The third-order valence-corrected chi connectivity index (χ3v) is 3.70. The fourth-order valence-corrected chi connectivity index (χ4v) is 2.40. The van der Waals surface area contributed by atoms with Crippen LogP contribution < -0.4 is 5.32 Å². The van der Waals surface area contributed by atoms with Gasteiger partial charge in [-0.1, -0.05) is 6.07 Å². The summed E-state index contributed by atoms with van der Waals surface area (Å²) in [6.45, 7) is 3.53. The quantitative estimate of drug-likeness (QED) is 0.790. The Hall–Kier alpha value is -3.02. The lowest BCUT2D eigenvalue weighted by molar-refractivity contribution is 0.102. The number of hydrogen-bond donors (Lipinski definition) is 1. The average Bonchev–Trinajstić information content (AvgIpc) is 2.93. The fourth-order valence-electron chi connectivity index (χ4n) is 2.40. The van der Waals surface area contributed by atoms with E-state index < -0.39 is 11.7 Å². The second-order valence-corrected chi connectivity index (χ2v) is 5.47. The Labute approximate surface area is 137 Å². The van der Waals surface area contributed by atoms with E-state index in [1.165, 1.54) is 29.1 Å². The number of amides is 1. The molecule has 1 heterocycles. The van der Waals surface area contributed by atoms with E-state index in [0.29, 0.717) is 16.9 Å². The standard InChI is InChI=1S/C18H15F2N3O/c1-11-3-8-16(20)17(9-11)22-18(24)15-10-21-23(12(15)2)14-6-4-13(19)5-7-14/h3-10H,1-2H3,(H,22,24). The molecule has 0 aliphatic heterocycles. The van der Waals surface area contributed by atoms with Crippen molar-refractivity contribution in [3.63, 3.8) is 0 Å². The van der Waals surface area contributed by atoms with Crippen LogP contribution in [0.3, 0.4) is 0 Å². The highest BCUT2D eigenvalue weighted by Gasteiger charge is 2.16. The molecule has 0 fully saturated rings. The molecule has 0 saturated heterocycles. The van der Waals surface area contributed by atoms with Crippen LogP contribution in [-0.4, -0.2) is 15.7 Å². The van der Waals surface area contributed by atoms with Gasteiger partial charge in [-0.05, 0) is 55.8 Å². The van der Waals surface area contributed by atoms with Gasteiger partial charge in [0.2, 0.25) is 0 Å². The van der Waals surface area contributed by atoms with Crippen LogP contribution in [0.15, 0.2) is 48.7 Å². The molecule has 0 radical (unpaired) electrons. The molecule has 3 rings (SSSR count). The maximum atomic E-state index is 13.8. The van der Waals surface area contributed by atoms with Crippen molar-refractivity contribution in [3.8, 4) is 5.69 Å². The lowest BCUT2D eigenvalue weighted by Gasteiger charge is -2.08. The highest BCUT2D eigenvalue weighted by Crippen LogP contribution is 2.19. The Balaban J connectivity index is 1.89. The third kappa shape index (κ3) is 3.03. The van der Waals surface area contributed by atoms with E-state index in [9.17, 15) is 13.6 Å². The maximum absolute atomic E-state index is 13.8. The topological polar surface area (TPSA) is 46.9 Å². The lowest BCUT2D eigenvalue weighted by atomic mass is 10.2. The molecule has 3 aromatic rings. The second kappa shape index (κ2) is 6.23. The van der Waals surface area contributed by atoms with Crippen LogP contribution in [0.25, 0.3) is 5.69 Å². The first-order chi connectivity index (χ1) is 11.5. The molecule has 4 nitrogen and oxygen atoms in total. The van der Waals surface area contributed by atoms with Crippen LogP contribution >= 0.6 is 0 Å². The summed E-state index contributed by atoms with van der Waals surface area (Å²) in [5.74, 6) is -1.31. The predicted molar refractivity (Wildman–Crippen MR) is 87.3 cm³/mol. The van der Waals surface area contributed by atoms with Crippen LogP contribution in [0.4, 0.5) is 14.5 Å². The molecule has 1 amide bonds. The summed E-state index contributed by atoms with van der Waals surface area (Å²) in [5.41, 5.74) is 2.49. The van der Waals surface area contributed by atoms with Gasteiger partial charge in [0.25, 0.3) is 5.91 Å². The minimum Gasteiger partial charge on any atom is -0.319 e. The van der Waals surface area contributed by atoms with Gasteiger partial charge in [-0.2, -0.15) is 5.10 Å². The van der Waals surface area contributed by atoms with Gasteiger partial charge in [-0.25, -0.2) is 13.5 Å². The molecule has 0 aliphatic rings. The monoisotopic (exact) mass is 327 g/mol. The normalized spacial score (nSPS) is 10.7. The largest absolute Gasteiger partial charge is 0.319 e. The first kappa shape index (κ1) is 15.9. The van der Waals surface area contributed by atoms with Gasteiger partial charge in [0.15, 0.2) is 0 Å². The molecule has 0 unspecified atom stereocenters. The van der Waals surface area contributed by atoms with Crippen molar-refractivity contribution < 1.29 is 13.6 Å². The number of nitrogens with one attached hydrogen (secondary N) is 1. The third-order valence-electron chi connectivity index (χ3n) is 3.70. The highest BCUT2D eigenvalue weighted by molar-refractivity contribution is 6.05. The van der Waals surface area contributed by atoms with Crippen molar-refractivity contribution >= 4 is 11.6 Å². The van der Waals surface area contributed by atoms with E-state index in [0.717, 1.165) is 5.56 Å². The molecule has 2 aromatic carbocycles. The molecular formula is C18H15F2N3O. The zero-order valence-corrected chi connectivity index (χ0v) is 13.2. The van der Waals surface area contributed by atoms with Crippen LogP contribution in [-0.2, 0) is 0 Å². The molecule has 24 heavy (non-hydrogen) atoms. The molecule has 1 N–H and O–H groups in total. The summed E-state index contributed by atoms with van der Waals surface area (Å²) >= 11 is 0. The van der Waals surface area contributed by atoms with Crippen molar-refractivity contribution in [2.24, 2.45) is 0 Å². The number of aromatic nitrogens is 2. The molecule has 0 atom stereocenters. The van der Waals surface area contributed by atoms with Gasteiger partial charge in [0.1, 0.15) is 11.6 Å². The SMILES string of the molecule is Cc1ccc(F)c(NC(=O)c2cnn(-c3ccc(F)cc3)c2C)c1. The number of halogens is 2. The molecule has 0 saturated carbocycles. The molecule has 0 spiro atoms. The van der Waals surface area contributed by atoms with Gasteiger partial charge in [0, 0.05) is 0 Å². The van der Waals surface area contributed by atoms with Crippen LogP contribution in [0.5, 0.6) is 0 Å². The van der Waals surface area contributed by atoms with Crippen molar-refractivity contribution in [3.05, 3.63) is 77.1 Å². The van der Waals surface area contributed by atoms with Gasteiger partial charge < -0.3 is 5.32 Å². The Kier molecular flexibility index (Phi) is 4.12. The van der Waals surface area contributed by atoms with Crippen molar-refractivity contribution in [1.29, 1.82) is 0 Å². The number of hydrogen-bond acceptors (Lipinski definition) is 2. The minimum atomic E-state index is -0.502. The summed E-state index contributed by atoms with van der Waals surface area (Å²) in [7, 11) is 0. The summed E-state index contributed by atoms with van der Waals surface area (Å²) in [4.78, 5) is 12.4. The molecular weight excluding hydrogens is 312 g/mol. The first-order valence-electron chi connectivity index (χ1n) is 7.34. The van der Waals surface area contributed by atoms with Gasteiger partial charge in [-0.15, -0.1) is 0 Å². The summed E-state index contributed by atoms with van der Waals surface area (Å²) < 4.78 is 28.3. The zero-order valence-electron chi connectivity index (χ0n) is 13.2. The van der Waals surface area contributed by atoms with E-state index in [1.807, 2.05) is 6.92 Å². The van der Waals surface area contributed by atoms with Crippen molar-refractivity contribution in [1.82, 2.24) is 9.78 Å². The van der Waals surface area contributed by atoms with E-state index in [2.05, 4.69) is 10.4 Å². The average molecular weight is 327 g/mol. The minimum absolute atomic E-state index is 0.119.